The molecule has 0 atom stereocenters. The Balaban J connectivity index is 2.10. The predicted molar refractivity (Wildman–Crippen MR) is 77.1 cm³/mol. The molecule has 1 aromatic rings. The zero-order valence-corrected chi connectivity index (χ0v) is 12.5. The van der Waals surface area contributed by atoms with Crippen LogP contribution in [0.4, 0.5) is 5.69 Å². The summed E-state index contributed by atoms with van der Waals surface area (Å²) in [4.78, 5) is 2.15. The van der Waals surface area contributed by atoms with E-state index in [1.54, 1.807) is 0 Å². The molecule has 1 saturated heterocycles. The molecule has 0 unspecified atom stereocenters. The van der Waals surface area contributed by atoms with Crippen molar-refractivity contribution in [1.29, 1.82) is 0 Å². The predicted octanol–water partition coefficient (Wildman–Crippen LogP) is 1.65. The largest absolute Gasteiger partial charge is 0.398 e. The second-order valence-electron chi connectivity index (χ2n) is 4.59. The molecule has 1 aliphatic heterocycles. The number of sulfone groups is 1. The van der Waals surface area contributed by atoms with E-state index in [-0.39, 0.29) is 5.75 Å². The first-order valence-electron chi connectivity index (χ1n) is 5.93. The van der Waals surface area contributed by atoms with Crippen LogP contribution in [0.2, 0.25) is 0 Å². The highest BCUT2D eigenvalue weighted by Crippen LogP contribution is 2.24. The van der Waals surface area contributed by atoms with E-state index in [0.29, 0.717) is 25.3 Å². The summed E-state index contributed by atoms with van der Waals surface area (Å²) in [6, 6.07) is 5.73. The number of rotatable bonds is 2. The van der Waals surface area contributed by atoms with Gasteiger partial charge in [0.2, 0.25) is 0 Å². The van der Waals surface area contributed by atoms with Crippen LogP contribution in [0.3, 0.4) is 0 Å². The van der Waals surface area contributed by atoms with Gasteiger partial charge in [-0.05, 0) is 25.1 Å². The van der Waals surface area contributed by atoms with E-state index < -0.39 is 9.84 Å². The van der Waals surface area contributed by atoms with Gasteiger partial charge in [-0.2, -0.15) is 0 Å². The summed E-state index contributed by atoms with van der Waals surface area (Å²) in [7, 11) is -2.85. The highest BCUT2D eigenvalue weighted by atomic mass is 79.9. The number of nitrogens with zero attached hydrogens (tertiary/aromatic N) is 1. The van der Waals surface area contributed by atoms with E-state index in [9.17, 15) is 8.42 Å². The van der Waals surface area contributed by atoms with E-state index in [1.165, 1.54) is 0 Å². The van der Waals surface area contributed by atoms with Crippen LogP contribution in [0.15, 0.2) is 22.7 Å². The molecule has 1 heterocycles. The molecule has 0 spiro atoms. The molecule has 1 aliphatic rings. The van der Waals surface area contributed by atoms with E-state index in [0.717, 1.165) is 22.3 Å². The maximum absolute atomic E-state index is 11.5. The van der Waals surface area contributed by atoms with E-state index in [4.69, 9.17) is 5.73 Å². The number of nitrogens with two attached hydrogens (primary N) is 1. The van der Waals surface area contributed by atoms with Crippen LogP contribution in [-0.4, -0.2) is 37.9 Å². The van der Waals surface area contributed by atoms with Crippen molar-refractivity contribution in [2.24, 2.45) is 0 Å². The molecule has 6 heteroatoms. The Morgan fingerprint density at radius 1 is 1.28 bits per heavy atom. The lowest BCUT2D eigenvalue weighted by molar-refractivity contribution is 0.287. The summed E-state index contributed by atoms with van der Waals surface area (Å²) < 4.78 is 24.1. The maximum Gasteiger partial charge on any atom is 0.151 e. The number of hydrogen-bond acceptors (Lipinski definition) is 4. The SMILES string of the molecule is Nc1cccc(Br)c1CN1CCCS(=O)(=O)CC1. The van der Waals surface area contributed by atoms with Crippen LogP contribution >= 0.6 is 15.9 Å². The molecule has 0 aromatic heterocycles. The number of halogens is 1. The van der Waals surface area contributed by atoms with Gasteiger partial charge in [0.1, 0.15) is 0 Å². The van der Waals surface area contributed by atoms with Gasteiger partial charge in [0.25, 0.3) is 0 Å². The normalized spacial score (nSPS) is 20.5. The van der Waals surface area contributed by atoms with Crippen molar-refractivity contribution in [3.63, 3.8) is 0 Å². The molecule has 1 fully saturated rings. The Morgan fingerprint density at radius 2 is 2.06 bits per heavy atom. The Kier molecular flexibility index (Phi) is 4.29. The number of nitrogen functional groups attached to an aromatic ring is 1. The van der Waals surface area contributed by atoms with Crippen LogP contribution < -0.4 is 5.73 Å². The van der Waals surface area contributed by atoms with Gasteiger partial charge in [0, 0.05) is 28.8 Å². The van der Waals surface area contributed by atoms with Crippen LogP contribution in [-0.2, 0) is 16.4 Å². The Hall–Kier alpha value is -0.590. The van der Waals surface area contributed by atoms with Gasteiger partial charge in [-0.25, -0.2) is 8.42 Å². The Morgan fingerprint density at radius 3 is 2.78 bits per heavy atom. The molecule has 0 aliphatic carbocycles. The molecule has 0 bridgehead atoms. The van der Waals surface area contributed by atoms with Crippen molar-refractivity contribution in [3.05, 3.63) is 28.2 Å². The molecule has 0 saturated carbocycles. The average Bonchev–Trinajstić information content (AvgIpc) is 2.46. The smallest absolute Gasteiger partial charge is 0.151 e. The molecule has 1 aromatic carbocycles. The van der Waals surface area contributed by atoms with Gasteiger partial charge in [0.05, 0.1) is 11.5 Å². The third-order valence-electron chi connectivity index (χ3n) is 3.19. The summed E-state index contributed by atoms with van der Waals surface area (Å²) in [6.07, 6.45) is 0.701. The van der Waals surface area contributed by atoms with Gasteiger partial charge in [-0.3, -0.25) is 4.90 Å². The lowest BCUT2D eigenvalue weighted by Crippen LogP contribution is -2.27. The minimum absolute atomic E-state index is 0.247. The Labute approximate surface area is 116 Å². The second-order valence-corrected chi connectivity index (χ2v) is 7.75. The quantitative estimate of drug-likeness (QED) is 0.836. The van der Waals surface area contributed by atoms with Crippen molar-refractivity contribution in [3.8, 4) is 0 Å². The highest BCUT2D eigenvalue weighted by Gasteiger charge is 2.20. The molecule has 4 nitrogen and oxygen atoms in total. The van der Waals surface area contributed by atoms with Crippen LogP contribution in [0.1, 0.15) is 12.0 Å². The standard InChI is InChI=1S/C12H17BrN2O2S/c13-11-3-1-4-12(14)10(11)9-15-5-2-7-18(16,17)8-6-15/h1,3-4H,2,5-9,14H2. The fourth-order valence-electron chi connectivity index (χ4n) is 2.11. The molecule has 2 N–H and O–H groups in total. The number of anilines is 1. The first kappa shape index (κ1) is 13.8. The fraction of sp³-hybridized carbons (Fsp3) is 0.500. The van der Waals surface area contributed by atoms with E-state index in [1.807, 2.05) is 18.2 Å². The summed E-state index contributed by atoms with van der Waals surface area (Å²) in [5.74, 6) is 0.548. The first-order valence-corrected chi connectivity index (χ1v) is 8.55. The third-order valence-corrected chi connectivity index (χ3v) is 5.64. The van der Waals surface area contributed by atoms with Crippen molar-refractivity contribution >= 4 is 31.5 Å². The van der Waals surface area contributed by atoms with E-state index in [2.05, 4.69) is 20.8 Å². The van der Waals surface area contributed by atoms with Gasteiger partial charge in [-0.15, -0.1) is 0 Å². The average molecular weight is 333 g/mol. The fourth-order valence-corrected chi connectivity index (χ4v) is 3.93. The van der Waals surface area contributed by atoms with Crippen LogP contribution in [0, 0.1) is 0 Å². The van der Waals surface area contributed by atoms with Crippen molar-refractivity contribution in [1.82, 2.24) is 4.90 Å². The monoisotopic (exact) mass is 332 g/mol. The van der Waals surface area contributed by atoms with Gasteiger partial charge in [-0.1, -0.05) is 22.0 Å². The molecule has 18 heavy (non-hydrogen) atoms. The number of benzene rings is 1. The zero-order chi connectivity index (χ0) is 13.2. The molecule has 0 radical (unpaired) electrons. The van der Waals surface area contributed by atoms with Gasteiger partial charge < -0.3 is 5.73 Å². The molecule has 2 rings (SSSR count). The van der Waals surface area contributed by atoms with Crippen LogP contribution in [0.25, 0.3) is 0 Å². The van der Waals surface area contributed by atoms with Crippen molar-refractivity contribution < 1.29 is 8.42 Å². The lowest BCUT2D eigenvalue weighted by atomic mass is 10.1. The minimum atomic E-state index is -2.85. The minimum Gasteiger partial charge on any atom is -0.398 e. The van der Waals surface area contributed by atoms with Crippen molar-refractivity contribution in [2.45, 2.75) is 13.0 Å². The van der Waals surface area contributed by atoms with Crippen LogP contribution in [0.5, 0.6) is 0 Å². The second kappa shape index (κ2) is 5.59. The van der Waals surface area contributed by atoms with Crippen molar-refractivity contribution in [2.75, 3.05) is 30.3 Å². The van der Waals surface area contributed by atoms with E-state index >= 15 is 0 Å². The molecule has 100 valence electrons. The topological polar surface area (TPSA) is 63.4 Å². The molecular weight excluding hydrogens is 316 g/mol. The van der Waals surface area contributed by atoms with Gasteiger partial charge in [0.15, 0.2) is 9.84 Å². The summed E-state index contributed by atoms with van der Waals surface area (Å²) in [5.41, 5.74) is 7.74. The third kappa shape index (κ3) is 3.46. The zero-order valence-electron chi connectivity index (χ0n) is 10.1. The maximum atomic E-state index is 11.5. The lowest BCUT2D eigenvalue weighted by Gasteiger charge is -2.21. The summed E-state index contributed by atoms with van der Waals surface area (Å²) >= 11 is 3.49. The number of hydrogen-bond donors (Lipinski definition) is 1. The molecular formula is C12H17BrN2O2S. The Bertz CT molecular complexity index is 511. The summed E-state index contributed by atoms with van der Waals surface area (Å²) in [6.45, 7) is 2.09. The summed E-state index contributed by atoms with van der Waals surface area (Å²) in [5, 5.41) is 0. The van der Waals surface area contributed by atoms with Gasteiger partial charge >= 0.3 is 0 Å². The highest BCUT2D eigenvalue weighted by molar-refractivity contribution is 9.10. The molecule has 0 amide bonds. The first-order chi connectivity index (χ1) is 8.48.